The molecule has 0 bridgehead atoms. The Bertz CT molecular complexity index is 523. The normalized spacial score (nSPS) is 29.8. The summed E-state index contributed by atoms with van der Waals surface area (Å²) in [6, 6.07) is -1.02. The van der Waals surface area contributed by atoms with E-state index < -0.39 is 47.7 Å². The van der Waals surface area contributed by atoms with Crippen molar-refractivity contribution in [3.63, 3.8) is 0 Å². The van der Waals surface area contributed by atoms with Crippen LogP contribution in [-0.2, 0) is 33.3 Å². The molecule has 23 heavy (non-hydrogen) atoms. The number of carbonyl (C=O) groups is 3. The molecule has 128 valence electrons. The van der Waals surface area contributed by atoms with Crippen LogP contribution in [0.2, 0.25) is 0 Å². The molecule has 1 fully saturated rings. The number of nitrogens with zero attached hydrogens (tertiary/aromatic N) is 3. The van der Waals surface area contributed by atoms with Gasteiger partial charge in [-0.25, -0.2) is 0 Å². The Hall–Kier alpha value is -1.97. The molecule has 10 nitrogen and oxygen atoms in total. The SMILES string of the molecule is CC(=O)OCC1O[C@H](S)C(N=[N+]=[N-])[C@@H](OC(C)=O)[C@@H]1OC(C)=O. The van der Waals surface area contributed by atoms with Crippen LogP contribution in [0.3, 0.4) is 0 Å². The third kappa shape index (κ3) is 5.62. The van der Waals surface area contributed by atoms with Crippen molar-refractivity contribution in [3.8, 4) is 0 Å². The van der Waals surface area contributed by atoms with E-state index in [1.165, 1.54) is 6.92 Å². The number of rotatable bonds is 5. The molecule has 11 heteroatoms. The fraction of sp³-hybridized carbons (Fsp3) is 0.750. The summed E-state index contributed by atoms with van der Waals surface area (Å²) >= 11 is 4.15. The molecule has 1 saturated heterocycles. The zero-order valence-electron chi connectivity index (χ0n) is 12.7. The van der Waals surface area contributed by atoms with Crippen molar-refractivity contribution in [2.45, 2.75) is 50.6 Å². The van der Waals surface area contributed by atoms with Gasteiger partial charge in [0.1, 0.15) is 24.2 Å². The van der Waals surface area contributed by atoms with Gasteiger partial charge in [-0.15, -0.1) is 12.6 Å². The summed E-state index contributed by atoms with van der Waals surface area (Å²) in [4.78, 5) is 36.3. The standard InChI is InChI=1S/C12H17N3O7S/c1-5(16)19-4-8-10(20-6(2)17)11(21-7(3)18)9(14-15-13)12(23)22-8/h8-12,23H,4H2,1-3H3/t8?,9?,10-,11-,12-/m1/s1. The summed E-state index contributed by atoms with van der Waals surface area (Å²) in [6.07, 6.45) is -3.17. The van der Waals surface area contributed by atoms with Crippen LogP contribution in [0.25, 0.3) is 10.4 Å². The van der Waals surface area contributed by atoms with Crippen LogP contribution < -0.4 is 0 Å². The molecular formula is C12H17N3O7S. The van der Waals surface area contributed by atoms with Crippen LogP contribution in [0.5, 0.6) is 0 Å². The van der Waals surface area contributed by atoms with E-state index in [-0.39, 0.29) is 6.61 Å². The van der Waals surface area contributed by atoms with E-state index in [1.54, 1.807) is 0 Å². The zero-order chi connectivity index (χ0) is 17.6. The summed E-state index contributed by atoms with van der Waals surface area (Å²) in [6.45, 7) is 3.27. The predicted molar refractivity (Wildman–Crippen MR) is 78.3 cm³/mol. The molecular weight excluding hydrogens is 330 g/mol. The molecule has 0 aliphatic carbocycles. The van der Waals surface area contributed by atoms with Crippen LogP contribution in [0.1, 0.15) is 20.8 Å². The van der Waals surface area contributed by atoms with E-state index in [1.807, 2.05) is 0 Å². The van der Waals surface area contributed by atoms with E-state index in [4.69, 9.17) is 24.5 Å². The Morgan fingerprint density at radius 1 is 1.13 bits per heavy atom. The lowest BCUT2D eigenvalue weighted by atomic mass is 9.98. The van der Waals surface area contributed by atoms with Gasteiger partial charge in [0.2, 0.25) is 0 Å². The number of hydrogen-bond acceptors (Lipinski definition) is 9. The van der Waals surface area contributed by atoms with Gasteiger partial charge >= 0.3 is 17.9 Å². The summed E-state index contributed by atoms with van der Waals surface area (Å²) in [5, 5.41) is 3.49. The van der Waals surface area contributed by atoms with Gasteiger partial charge in [0, 0.05) is 25.7 Å². The Labute approximate surface area is 137 Å². The summed E-state index contributed by atoms with van der Waals surface area (Å²) in [5.41, 5.74) is 7.71. The van der Waals surface area contributed by atoms with Gasteiger partial charge in [-0.3, -0.25) is 14.4 Å². The third-order valence-electron chi connectivity index (χ3n) is 2.87. The van der Waals surface area contributed by atoms with Crippen LogP contribution >= 0.6 is 12.6 Å². The molecule has 5 atom stereocenters. The van der Waals surface area contributed by atoms with Crippen molar-refractivity contribution >= 4 is 30.5 Å². The average molecular weight is 347 g/mol. The molecule has 1 heterocycles. The Morgan fingerprint density at radius 3 is 2.17 bits per heavy atom. The topological polar surface area (TPSA) is 137 Å². The van der Waals surface area contributed by atoms with Gasteiger partial charge in [-0.2, -0.15) is 0 Å². The number of thiol groups is 1. The van der Waals surface area contributed by atoms with Gasteiger partial charge < -0.3 is 18.9 Å². The van der Waals surface area contributed by atoms with Crippen LogP contribution in [0, 0.1) is 0 Å². The highest BCUT2D eigenvalue weighted by atomic mass is 32.1. The van der Waals surface area contributed by atoms with Gasteiger partial charge in [-0.1, -0.05) is 5.11 Å². The Kier molecular flexibility index (Phi) is 7.14. The van der Waals surface area contributed by atoms with Gasteiger partial charge in [-0.05, 0) is 5.53 Å². The molecule has 1 aliphatic rings. The molecule has 0 aromatic carbocycles. The molecule has 0 N–H and O–H groups in total. The largest absolute Gasteiger partial charge is 0.463 e. The Balaban J connectivity index is 3.11. The minimum atomic E-state index is -1.12. The molecule has 0 saturated carbocycles. The number of esters is 3. The molecule has 2 unspecified atom stereocenters. The first-order valence-corrected chi connectivity index (χ1v) is 7.13. The number of carbonyl (C=O) groups excluding carboxylic acids is 3. The molecule has 0 radical (unpaired) electrons. The molecule has 0 spiro atoms. The average Bonchev–Trinajstić information content (AvgIpc) is 2.42. The lowest BCUT2D eigenvalue weighted by Gasteiger charge is -2.42. The quantitative estimate of drug-likeness (QED) is 0.193. The van der Waals surface area contributed by atoms with E-state index >= 15 is 0 Å². The highest BCUT2D eigenvalue weighted by Crippen LogP contribution is 2.30. The maximum atomic E-state index is 11.3. The number of ether oxygens (including phenoxy) is 4. The molecule has 1 aliphatic heterocycles. The first kappa shape index (κ1) is 19.1. The van der Waals surface area contributed by atoms with E-state index in [9.17, 15) is 14.4 Å². The molecule has 0 aromatic heterocycles. The van der Waals surface area contributed by atoms with Gasteiger partial charge in [0.15, 0.2) is 12.2 Å². The van der Waals surface area contributed by atoms with Crippen molar-refractivity contribution in [3.05, 3.63) is 10.4 Å². The summed E-state index contributed by atoms with van der Waals surface area (Å²) in [7, 11) is 0. The number of hydrogen-bond donors (Lipinski definition) is 1. The lowest BCUT2D eigenvalue weighted by molar-refractivity contribution is -0.208. The van der Waals surface area contributed by atoms with Crippen molar-refractivity contribution in [1.29, 1.82) is 0 Å². The minimum absolute atomic E-state index is 0.245. The van der Waals surface area contributed by atoms with Crippen molar-refractivity contribution in [2.75, 3.05) is 6.61 Å². The maximum absolute atomic E-state index is 11.3. The fourth-order valence-electron chi connectivity index (χ4n) is 2.08. The highest BCUT2D eigenvalue weighted by Gasteiger charge is 2.49. The second-order valence-corrected chi connectivity index (χ2v) is 5.22. The van der Waals surface area contributed by atoms with Gasteiger partial charge in [0.25, 0.3) is 0 Å². The van der Waals surface area contributed by atoms with Crippen LogP contribution in [0.15, 0.2) is 5.11 Å². The molecule has 0 amide bonds. The smallest absolute Gasteiger partial charge is 0.303 e. The van der Waals surface area contributed by atoms with Gasteiger partial charge in [0.05, 0.1) is 0 Å². The van der Waals surface area contributed by atoms with Crippen molar-refractivity contribution in [2.24, 2.45) is 5.11 Å². The molecule has 1 rings (SSSR count). The maximum Gasteiger partial charge on any atom is 0.303 e. The van der Waals surface area contributed by atoms with Crippen molar-refractivity contribution < 1.29 is 33.3 Å². The summed E-state index contributed by atoms with van der Waals surface area (Å²) in [5.74, 6) is -1.90. The van der Waals surface area contributed by atoms with Crippen LogP contribution in [0.4, 0.5) is 0 Å². The van der Waals surface area contributed by atoms with Crippen molar-refractivity contribution in [1.82, 2.24) is 0 Å². The van der Waals surface area contributed by atoms with E-state index in [0.29, 0.717) is 0 Å². The van der Waals surface area contributed by atoms with E-state index in [0.717, 1.165) is 13.8 Å². The minimum Gasteiger partial charge on any atom is -0.463 e. The fourth-order valence-corrected chi connectivity index (χ4v) is 2.47. The first-order chi connectivity index (χ1) is 10.8. The zero-order valence-corrected chi connectivity index (χ0v) is 13.6. The third-order valence-corrected chi connectivity index (χ3v) is 3.30. The lowest BCUT2D eigenvalue weighted by Crippen LogP contribution is -2.59. The molecule has 0 aromatic rings. The van der Waals surface area contributed by atoms with Crippen LogP contribution in [-0.4, -0.2) is 54.3 Å². The summed E-state index contributed by atoms with van der Waals surface area (Å²) < 4.78 is 20.6. The van der Waals surface area contributed by atoms with E-state index in [2.05, 4.69) is 22.7 Å². The monoisotopic (exact) mass is 347 g/mol. The predicted octanol–water partition coefficient (Wildman–Crippen LogP) is 0.746. The first-order valence-electron chi connectivity index (χ1n) is 6.61. The highest BCUT2D eigenvalue weighted by molar-refractivity contribution is 7.80. The Morgan fingerprint density at radius 2 is 1.70 bits per heavy atom. The second kappa shape index (κ2) is 8.61. The second-order valence-electron chi connectivity index (χ2n) is 4.71. The number of azide groups is 1.